The molecule has 4 rings (SSSR count). The van der Waals surface area contributed by atoms with E-state index in [0.717, 1.165) is 30.8 Å². The molecule has 1 N–H and O–H groups in total. The van der Waals surface area contributed by atoms with Crippen LogP contribution in [0.5, 0.6) is 5.75 Å². The molecule has 1 amide bonds. The number of nitrogens with one attached hydrogen (secondary N) is 1. The van der Waals surface area contributed by atoms with E-state index in [1.54, 1.807) is 37.4 Å². The lowest BCUT2D eigenvalue weighted by atomic mass is 9.97. The number of methoxy groups -OCH3 is 1. The highest BCUT2D eigenvalue weighted by molar-refractivity contribution is 6.32. The van der Waals surface area contributed by atoms with Crippen LogP contribution in [0.15, 0.2) is 54.6 Å². The minimum absolute atomic E-state index is 0.0539. The molecule has 0 aliphatic carbocycles. The van der Waals surface area contributed by atoms with Gasteiger partial charge in [0.05, 0.1) is 23.7 Å². The Hall–Kier alpha value is -3.19. The first-order valence-corrected chi connectivity index (χ1v) is 10.4. The molecule has 2 aromatic carbocycles. The first kappa shape index (κ1) is 21.1. The standard InChI is InChI=1S/C23H22ClFN4O2/c1-31-21-10-8-18(13-19(21)24)26-23(30)16-3-2-12-29(14-16)22-11-9-20(27-28-22)15-4-6-17(25)7-5-15/h4-11,13,16H,2-3,12,14H2,1H3,(H,26,30). The molecule has 0 saturated carbocycles. The Balaban J connectivity index is 1.41. The molecule has 0 bridgehead atoms. The average molecular weight is 441 g/mol. The lowest BCUT2D eigenvalue weighted by molar-refractivity contribution is -0.120. The molecule has 160 valence electrons. The number of hydrogen-bond acceptors (Lipinski definition) is 5. The van der Waals surface area contributed by atoms with Gasteiger partial charge in [-0.1, -0.05) is 11.6 Å². The van der Waals surface area contributed by atoms with Crippen LogP contribution in [0.4, 0.5) is 15.9 Å². The molecule has 1 fully saturated rings. The molecule has 6 nitrogen and oxygen atoms in total. The topological polar surface area (TPSA) is 67.3 Å². The van der Waals surface area contributed by atoms with Crippen molar-refractivity contribution in [1.82, 2.24) is 10.2 Å². The number of benzene rings is 2. The van der Waals surface area contributed by atoms with Gasteiger partial charge in [0.2, 0.25) is 5.91 Å². The van der Waals surface area contributed by atoms with Crippen LogP contribution in [-0.4, -0.2) is 36.3 Å². The number of carbonyl (C=O) groups excluding carboxylic acids is 1. The number of rotatable bonds is 5. The fourth-order valence-corrected chi connectivity index (χ4v) is 3.91. The molecule has 1 aromatic heterocycles. The van der Waals surface area contributed by atoms with Crippen molar-refractivity contribution in [2.75, 3.05) is 30.4 Å². The third-order valence-corrected chi connectivity index (χ3v) is 5.62. The van der Waals surface area contributed by atoms with Gasteiger partial charge in [-0.15, -0.1) is 10.2 Å². The minimum atomic E-state index is -0.289. The highest BCUT2D eigenvalue weighted by Gasteiger charge is 2.27. The van der Waals surface area contributed by atoms with E-state index in [1.165, 1.54) is 12.1 Å². The zero-order valence-corrected chi connectivity index (χ0v) is 17.8. The second-order valence-corrected chi connectivity index (χ2v) is 7.81. The van der Waals surface area contributed by atoms with Crippen LogP contribution in [0.2, 0.25) is 5.02 Å². The maximum absolute atomic E-state index is 13.1. The summed E-state index contributed by atoms with van der Waals surface area (Å²) >= 11 is 6.15. The summed E-state index contributed by atoms with van der Waals surface area (Å²) in [6, 6.07) is 15.1. The first-order chi connectivity index (χ1) is 15.0. The van der Waals surface area contributed by atoms with Crippen LogP contribution in [0.3, 0.4) is 0 Å². The third-order valence-electron chi connectivity index (χ3n) is 5.33. The van der Waals surface area contributed by atoms with Crippen molar-refractivity contribution in [1.29, 1.82) is 0 Å². The number of ether oxygens (including phenoxy) is 1. The van der Waals surface area contributed by atoms with Gasteiger partial charge in [0.25, 0.3) is 0 Å². The van der Waals surface area contributed by atoms with E-state index in [1.807, 2.05) is 12.1 Å². The average Bonchev–Trinajstić information content (AvgIpc) is 2.80. The Morgan fingerprint density at radius 3 is 2.65 bits per heavy atom. The Bertz CT molecular complexity index is 1060. The molecule has 0 spiro atoms. The lowest BCUT2D eigenvalue weighted by Gasteiger charge is -2.32. The van der Waals surface area contributed by atoms with E-state index in [4.69, 9.17) is 16.3 Å². The van der Waals surface area contributed by atoms with Gasteiger partial charge in [0.15, 0.2) is 5.82 Å². The van der Waals surface area contributed by atoms with Crippen LogP contribution in [-0.2, 0) is 4.79 Å². The predicted molar refractivity (Wildman–Crippen MR) is 119 cm³/mol. The summed E-state index contributed by atoms with van der Waals surface area (Å²) in [5, 5.41) is 12.0. The predicted octanol–water partition coefficient (Wildman–Crippen LogP) is 4.80. The summed E-state index contributed by atoms with van der Waals surface area (Å²) < 4.78 is 18.3. The van der Waals surface area contributed by atoms with Crippen molar-refractivity contribution < 1.29 is 13.9 Å². The van der Waals surface area contributed by atoms with E-state index in [-0.39, 0.29) is 17.6 Å². The summed E-state index contributed by atoms with van der Waals surface area (Å²) in [4.78, 5) is 14.9. The van der Waals surface area contributed by atoms with Crippen LogP contribution < -0.4 is 15.0 Å². The SMILES string of the molecule is COc1ccc(NC(=O)C2CCCN(c3ccc(-c4ccc(F)cc4)nn3)C2)cc1Cl. The summed E-state index contributed by atoms with van der Waals surface area (Å²) in [7, 11) is 1.55. The third kappa shape index (κ3) is 4.94. The molecule has 1 saturated heterocycles. The first-order valence-electron chi connectivity index (χ1n) is 10.0. The van der Waals surface area contributed by atoms with E-state index in [2.05, 4.69) is 20.4 Å². The molecule has 1 aliphatic rings. The number of aromatic nitrogens is 2. The van der Waals surface area contributed by atoms with Gasteiger partial charge in [-0.3, -0.25) is 4.79 Å². The van der Waals surface area contributed by atoms with Gasteiger partial charge in [-0.05, 0) is 67.4 Å². The molecule has 31 heavy (non-hydrogen) atoms. The second kappa shape index (κ2) is 9.31. The molecule has 3 aromatic rings. The summed E-state index contributed by atoms with van der Waals surface area (Å²) in [6.07, 6.45) is 1.68. The smallest absolute Gasteiger partial charge is 0.229 e. The number of hydrogen-bond donors (Lipinski definition) is 1. The molecule has 1 atom stereocenters. The highest BCUT2D eigenvalue weighted by atomic mass is 35.5. The van der Waals surface area contributed by atoms with Crippen molar-refractivity contribution in [2.45, 2.75) is 12.8 Å². The fourth-order valence-electron chi connectivity index (χ4n) is 3.66. The van der Waals surface area contributed by atoms with Crippen molar-refractivity contribution in [2.24, 2.45) is 5.92 Å². The van der Waals surface area contributed by atoms with Crippen molar-refractivity contribution in [3.63, 3.8) is 0 Å². The normalized spacial score (nSPS) is 16.1. The maximum atomic E-state index is 13.1. The van der Waals surface area contributed by atoms with E-state index < -0.39 is 0 Å². The highest BCUT2D eigenvalue weighted by Crippen LogP contribution is 2.28. The van der Waals surface area contributed by atoms with E-state index >= 15 is 0 Å². The zero-order chi connectivity index (χ0) is 21.8. The molecule has 2 heterocycles. The second-order valence-electron chi connectivity index (χ2n) is 7.41. The van der Waals surface area contributed by atoms with Gasteiger partial charge >= 0.3 is 0 Å². The number of piperidine rings is 1. The zero-order valence-electron chi connectivity index (χ0n) is 17.0. The number of carbonyl (C=O) groups is 1. The van der Waals surface area contributed by atoms with Crippen molar-refractivity contribution in [3.8, 4) is 17.0 Å². The Morgan fingerprint density at radius 1 is 1.16 bits per heavy atom. The Morgan fingerprint density at radius 2 is 1.97 bits per heavy atom. The summed E-state index contributed by atoms with van der Waals surface area (Å²) in [5.74, 6) is 0.764. The van der Waals surface area contributed by atoms with Crippen LogP contribution in [0.25, 0.3) is 11.3 Å². The summed E-state index contributed by atoms with van der Waals surface area (Å²) in [6.45, 7) is 1.36. The van der Waals surface area contributed by atoms with Crippen molar-refractivity contribution >= 4 is 29.0 Å². The Labute approximate surface area is 185 Å². The van der Waals surface area contributed by atoms with Gasteiger partial charge in [-0.25, -0.2) is 4.39 Å². The fraction of sp³-hybridized carbons (Fsp3) is 0.261. The maximum Gasteiger partial charge on any atom is 0.229 e. The van der Waals surface area contributed by atoms with Gasteiger partial charge in [-0.2, -0.15) is 0 Å². The molecule has 1 unspecified atom stereocenters. The van der Waals surface area contributed by atoms with Gasteiger partial charge in [0.1, 0.15) is 11.6 Å². The lowest BCUT2D eigenvalue weighted by Crippen LogP contribution is -2.41. The quantitative estimate of drug-likeness (QED) is 0.617. The number of halogens is 2. The van der Waals surface area contributed by atoms with Crippen LogP contribution in [0, 0.1) is 11.7 Å². The minimum Gasteiger partial charge on any atom is -0.495 e. The molecule has 1 aliphatic heterocycles. The molecular weight excluding hydrogens is 419 g/mol. The largest absolute Gasteiger partial charge is 0.495 e. The number of nitrogens with zero attached hydrogens (tertiary/aromatic N) is 3. The van der Waals surface area contributed by atoms with Gasteiger partial charge in [0, 0.05) is 24.3 Å². The summed E-state index contributed by atoms with van der Waals surface area (Å²) in [5.41, 5.74) is 2.11. The number of amides is 1. The molecule has 0 radical (unpaired) electrons. The van der Waals surface area contributed by atoms with Crippen molar-refractivity contribution in [3.05, 3.63) is 65.4 Å². The number of anilines is 2. The monoisotopic (exact) mass is 440 g/mol. The Kier molecular flexibility index (Phi) is 6.32. The molecule has 8 heteroatoms. The van der Waals surface area contributed by atoms with E-state index in [9.17, 15) is 9.18 Å². The van der Waals surface area contributed by atoms with Crippen LogP contribution >= 0.6 is 11.6 Å². The van der Waals surface area contributed by atoms with Crippen LogP contribution in [0.1, 0.15) is 12.8 Å². The molecular formula is C23H22ClFN4O2. The van der Waals surface area contributed by atoms with Gasteiger partial charge < -0.3 is 15.0 Å². The van der Waals surface area contributed by atoms with E-state index in [0.29, 0.717) is 28.7 Å².